The third-order valence-corrected chi connectivity index (χ3v) is 8.14. The second-order valence-corrected chi connectivity index (χ2v) is 10.8. The Kier molecular flexibility index (Phi) is 7.50. The Labute approximate surface area is 219 Å². The van der Waals surface area contributed by atoms with E-state index < -0.39 is 0 Å². The molecule has 196 valence electrons. The number of para-hydroxylation sites is 1. The van der Waals surface area contributed by atoms with Crippen LogP contribution in [0.15, 0.2) is 63.6 Å². The highest BCUT2D eigenvalue weighted by Gasteiger charge is 2.57. The number of fused-ring (bicyclic) bond motifs is 3. The lowest BCUT2D eigenvalue weighted by molar-refractivity contribution is -0.122. The number of imide groups is 1. The predicted octanol–water partition coefficient (Wildman–Crippen LogP) is 5.91. The van der Waals surface area contributed by atoms with Gasteiger partial charge in [-0.05, 0) is 67.5 Å². The van der Waals surface area contributed by atoms with Crippen LogP contribution in [-0.4, -0.2) is 29.6 Å². The molecule has 5 rings (SSSR count). The Morgan fingerprint density at radius 3 is 2.54 bits per heavy atom. The monoisotopic (exact) mass is 503 g/mol. The molecule has 3 heterocycles. The number of carbonyl (C=O) groups is 2. The van der Waals surface area contributed by atoms with Crippen molar-refractivity contribution < 1.29 is 23.8 Å². The van der Waals surface area contributed by atoms with Crippen LogP contribution in [0, 0.1) is 23.7 Å². The zero-order valence-electron chi connectivity index (χ0n) is 22.0. The van der Waals surface area contributed by atoms with Crippen LogP contribution in [0.3, 0.4) is 0 Å². The van der Waals surface area contributed by atoms with E-state index in [4.69, 9.17) is 9.15 Å². The Morgan fingerprint density at radius 1 is 1.08 bits per heavy atom. The Balaban J connectivity index is 1.38. The molecule has 2 fully saturated rings. The number of aliphatic hydroxyl groups is 1. The van der Waals surface area contributed by atoms with Crippen molar-refractivity contribution in [1.82, 2.24) is 0 Å². The topological polar surface area (TPSA) is 80.0 Å². The first-order valence-corrected chi connectivity index (χ1v) is 13.6. The number of benzene rings is 1. The van der Waals surface area contributed by atoms with Gasteiger partial charge in [-0.15, -0.1) is 0 Å². The summed E-state index contributed by atoms with van der Waals surface area (Å²) in [6.45, 7) is 6.92. The molecule has 3 aliphatic rings. The van der Waals surface area contributed by atoms with Crippen molar-refractivity contribution in [3.05, 3.63) is 70.7 Å². The minimum atomic E-state index is -0.346. The second-order valence-electron chi connectivity index (χ2n) is 10.8. The van der Waals surface area contributed by atoms with Crippen LogP contribution in [0.4, 0.5) is 5.69 Å². The molecule has 2 saturated heterocycles. The fourth-order valence-corrected chi connectivity index (χ4v) is 6.46. The number of nitrogens with zero attached hydrogens (tertiary/aromatic N) is 1. The lowest BCUT2D eigenvalue weighted by Gasteiger charge is -2.33. The normalized spacial score (nSPS) is 25.9. The molecule has 0 radical (unpaired) electrons. The molecule has 0 spiro atoms. The summed E-state index contributed by atoms with van der Waals surface area (Å²) in [6, 6.07) is 13.0. The van der Waals surface area contributed by atoms with Crippen LogP contribution < -0.4 is 4.90 Å². The molecule has 0 saturated carbocycles. The maximum Gasteiger partial charge on any atom is 0.238 e. The summed E-state index contributed by atoms with van der Waals surface area (Å²) >= 11 is 0. The van der Waals surface area contributed by atoms with E-state index in [-0.39, 0.29) is 42.3 Å². The van der Waals surface area contributed by atoms with E-state index >= 15 is 0 Å². The zero-order chi connectivity index (χ0) is 26.1. The summed E-state index contributed by atoms with van der Waals surface area (Å²) in [4.78, 5) is 28.5. The number of furan rings is 1. The van der Waals surface area contributed by atoms with E-state index in [1.54, 1.807) is 6.07 Å². The number of anilines is 1. The molecule has 1 aliphatic carbocycles. The maximum atomic E-state index is 13.6. The van der Waals surface area contributed by atoms with Crippen molar-refractivity contribution in [1.29, 1.82) is 0 Å². The molecular weight excluding hydrogens is 466 g/mol. The molecule has 2 amide bonds. The number of ether oxygens (including phenoxy) is 1. The van der Waals surface area contributed by atoms with Gasteiger partial charge in [0.1, 0.15) is 18.1 Å². The van der Waals surface area contributed by atoms with Gasteiger partial charge < -0.3 is 14.3 Å². The first-order chi connectivity index (χ1) is 17.9. The van der Waals surface area contributed by atoms with Crippen LogP contribution in [0.1, 0.15) is 64.4 Å². The van der Waals surface area contributed by atoms with Gasteiger partial charge in [-0.3, -0.25) is 14.5 Å². The number of carbonyl (C=O) groups excluding carboxylic acids is 2. The number of hydrogen-bond acceptors (Lipinski definition) is 5. The van der Waals surface area contributed by atoms with E-state index in [0.29, 0.717) is 30.4 Å². The molecule has 37 heavy (non-hydrogen) atoms. The van der Waals surface area contributed by atoms with Gasteiger partial charge in [0, 0.05) is 5.92 Å². The van der Waals surface area contributed by atoms with Gasteiger partial charge >= 0.3 is 0 Å². The van der Waals surface area contributed by atoms with Gasteiger partial charge in [-0.1, -0.05) is 56.5 Å². The van der Waals surface area contributed by atoms with Crippen molar-refractivity contribution in [2.24, 2.45) is 23.7 Å². The molecule has 4 atom stereocenters. The second kappa shape index (κ2) is 10.8. The highest BCUT2D eigenvalue weighted by molar-refractivity contribution is 6.22. The third kappa shape index (κ3) is 4.85. The highest BCUT2D eigenvalue weighted by atomic mass is 16.5. The average molecular weight is 504 g/mol. The van der Waals surface area contributed by atoms with Gasteiger partial charge in [0.25, 0.3) is 0 Å². The first kappa shape index (κ1) is 25.7. The van der Waals surface area contributed by atoms with Crippen molar-refractivity contribution in [2.45, 2.75) is 65.6 Å². The van der Waals surface area contributed by atoms with Gasteiger partial charge in [-0.2, -0.15) is 0 Å². The summed E-state index contributed by atoms with van der Waals surface area (Å²) in [5.74, 6) is 0.765. The molecule has 2 aromatic rings. The standard InChI is InChI=1S/C31H37NO5/c1-4-8-20(15-22-12-13-23(17-33)37-22)11-14-27-28-24(19(2)3)16-25-29(26(28)18-36-27)31(35)32(30(25)34)21-9-6-5-7-10-21/h5-7,9-10,12-13,15,19,25-27,29,33H,4,8,11,14,16-18H2,1-3H3/b20-15+/t25-,26+,27-,29-/m1/s1. The lowest BCUT2D eigenvalue weighted by Crippen LogP contribution is -2.35. The minimum Gasteiger partial charge on any atom is -0.459 e. The number of rotatable bonds is 9. The molecule has 2 aliphatic heterocycles. The van der Waals surface area contributed by atoms with E-state index in [0.717, 1.165) is 31.4 Å². The summed E-state index contributed by atoms with van der Waals surface area (Å²) in [5, 5.41) is 9.31. The number of amides is 2. The zero-order valence-corrected chi connectivity index (χ0v) is 22.0. The van der Waals surface area contributed by atoms with Crippen molar-refractivity contribution >= 4 is 23.6 Å². The SMILES string of the molecule is CCC/C(=C\c1ccc(CO)o1)CC[C@H]1OC[C@H]2C1=C(C(C)C)C[C@H]1C(=O)N(c3ccccc3)C(=O)[C@H]12. The Hall–Kier alpha value is -2.96. The van der Waals surface area contributed by atoms with Gasteiger partial charge in [0.15, 0.2) is 0 Å². The van der Waals surface area contributed by atoms with Gasteiger partial charge in [-0.25, -0.2) is 0 Å². The van der Waals surface area contributed by atoms with Gasteiger partial charge in [0.05, 0.1) is 30.2 Å². The molecule has 6 heteroatoms. The fraction of sp³-hybridized carbons (Fsp3) is 0.484. The van der Waals surface area contributed by atoms with Crippen molar-refractivity contribution in [3.8, 4) is 0 Å². The Bertz CT molecular complexity index is 1210. The minimum absolute atomic E-state index is 0.0397. The molecule has 6 nitrogen and oxygen atoms in total. The van der Waals surface area contributed by atoms with Gasteiger partial charge in [0.2, 0.25) is 11.8 Å². The first-order valence-electron chi connectivity index (χ1n) is 13.6. The fourth-order valence-electron chi connectivity index (χ4n) is 6.46. The number of aliphatic hydroxyl groups excluding tert-OH is 1. The van der Waals surface area contributed by atoms with Crippen LogP contribution in [-0.2, 0) is 20.9 Å². The lowest BCUT2D eigenvalue weighted by atomic mass is 9.67. The van der Waals surface area contributed by atoms with Crippen LogP contribution in [0.5, 0.6) is 0 Å². The maximum absolute atomic E-state index is 13.6. The summed E-state index contributed by atoms with van der Waals surface area (Å²) in [6.07, 6.45) is 6.38. The van der Waals surface area contributed by atoms with Crippen molar-refractivity contribution in [2.75, 3.05) is 11.5 Å². The summed E-state index contributed by atoms with van der Waals surface area (Å²) in [7, 11) is 0. The summed E-state index contributed by atoms with van der Waals surface area (Å²) < 4.78 is 12.1. The smallest absolute Gasteiger partial charge is 0.238 e. The number of hydrogen-bond donors (Lipinski definition) is 1. The molecular formula is C31H37NO5. The Morgan fingerprint density at radius 2 is 1.86 bits per heavy atom. The van der Waals surface area contributed by atoms with E-state index in [9.17, 15) is 14.7 Å². The van der Waals surface area contributed by atoms with Crippen LogP contribution in [0.25, 0.3) is 6.08 Å². The molecule has 1 N–H and O–H groups in total. The molecule has 1 aromatic carbocycles. The largest absolute Gasteiger partial charge is 0.459 e. The molecule has 0 unspecified atom stereocenters. The van der Waals surface area contributed by atoms with Crippen LogP contribution >= 0.6 is 0 Å². The van der Waals surface area contributed by atoms with Crippen LogP contribution in [0.2, 0.25) is 0 Å². The molecule has 1 aromatic heterocycles. The quantitative estimate of drug-likeness (QED) is 0.340. The molecule has 0 bridgehead atoms. The highest BCUT2D eigenvalue weighted by Crippen LogP contribution is 2.52. The summed E-state index contributed by atoms with van der Waals surface area (Å²) in [5.41, 5.74) is 4.51. The predicted molar refractivity (Wildman–Crippen MR) is 142 cm³/mol. The third-order valence-electron chi connectivity index (χ3n) is 8.14. The number of allylic oxidation sites excluding steroid dienone is 2. The van der Waals surface area contributed by atoms with E-state index in [2.05, 4.69) is 26.8 Å². The average Bonchev–Trinajstić information content (AvgIpc) is 3.59. The van der Waals surface area contributed by atoms with E-state index in [1.807, 2.05) is 36.4 Å². The van der Waals surface area contributed by atoms with E-state index in [1.165, 1.54) is 21.6 Å². The van der Waals surface area contributed by atoms with Crippen molar-refractivity contribution in [3.63, 3.8) is 0 Å².